The third kappa shape index (κ3) is 7.40. The number of hydrogen-bond acceptors (Lipinski definition) is 16. The van der Waals surface area contributed by atoms with Crippen LogP contribution in [-0.2, 0) is 43.1 Å². The number of Topliss-reactive ketones (excluding diaryl/α,β-unsaturated/α-hetero) is 1. The maximum Gasteiger partial charge on any atom is 0.325 e. The Morgan fingerprint density at radius 1 is 1.00 bits per heavy atom. The van der Waals surface area contributed by atoms with E-state index in [0.29, 0.717) is 12.0 Å². The summed E-state index contributed by atoms with van der Waals surface area (Å²) in [7, 11) is 0. The number of aliphatic hydroxyl groups is 1. The lowest BCUT2D eigenvalue weighted by atomic mass is 9.44. The fourth-order valence-electron chi connectivity index (χ4n) is 8.93. The van der Waals surface area contributed by atoms with Crippen molar-refractivity contribution < 1.29 is 73.4 Å². The number of alkyl halides is 1. The number of amides is 1. The highest BCUT2D eigenvalue weighted by Crippen LogP contribution is 2.71. The molecule has 0 aromatic heterocycles. The first kappa shape index (κ1) is 39.6. The summed E-state index contributed by atoms with van der Waals surface area (Å²) in [5.41, 5.74) is -6.25. The highest BCUT2D eigenvalue weighted by Gasteiger charge is 2.77. The van der Waals surface area contributed by atoms with Crippen LogP contribution in [0.3, 0.4) is 0 Å². The van der Waals surface area contributed by atoms with Crippen LogP contribution in [0, 0.1) is 28.6 Å². The molecule has 6 N–H and O–H groups in total. The van der Waals surface area contributed by atoms with E-state index in [-0.39, 0.29) is 63.9 Å². The zero-order chi connectivity index (χ0) is 37.1. The largest absolute Gasteiger partial charge is 0.456 e. The lowest BCUT2D eigenvalue weighted by molar-refractivity contribution is -0.492. The van der Waals surface area contributed by atoms with Gasteiger partial charge in [-0.2, -0.15) is 0 Å². The molecule has 17 nitrogen and oxygen atoms in total. The molecule has 3 saturated carbocycles. The van der Waals surface area contributed by atoms with E-state index in [2.05, 4.69) is 15.0 Å². The van der Waals surface area contributed by atoms with Crippen LogP contribution in [0.1, 0.15) is 72.1 Å². The van der Waals surface area contributed by atoms with Crippen LogP contribution in [0.2, 0.25) is 0 Å². The van der Waals surface area contributed by atoms with E-state index in [9.17, 15) is 29.1 Å². The van der Waals surface area contributed by atoms with Crippen LogP contribution < -0.4 is 5.32 Å². The fraction of sp³-hybridized carbons (Fsp3) is 0.719. The van der Waals surface area contributed by atoms with Gasteiger partial charge in [-0.25, -0.2) is 4.39 Å². The number of carbonyl (C=O) groups excluding carboxylic acids is 5. The van der Waals surface area contributed by atoms with E-state index >= 15 is 4.39 Å². The summed E-state index contributed by atoms with van der Waals surface area (Å²) in [6, 6.07) is 0. The van der Waals surface area contributed by atoms with Crippen molar-refractivity contribution in [1.82, 2.24) is 16.1 Å². The van der Waals surface area contributed by atoms with E-state index in [1.54, 1.807) is 20.8 Å². The second-order valence-corrected chi connectivity index (χ2v) is 13.9. The Hall–Kier alpha value is -3.20. The van der Waals surface area contributed by atoms with Gasteiger partial charge < -0.3 is 19.9 Å². The summed E-state index contributed by atoms with van der Waals surface area (Å²) in [4.78, 5) is 73.3. The molecule has 0 bridgehead atoms. The highest BCUT2D eigenvalue weighted by molar-refractivity contribution is 6.01. The molecule has 0 aromatic rings. The van der Waals surface area contributed by atoms with E-state index in [0.717, 1.165) is 0 Å². The number of nitrogens with one attached hydrogen (secondary N) is 1. The zero-order valence-corrected chi connectivity index (χ0v) is 28.2. The van der Waals surface area contributed by atoms with Crippen molar-refractivity contribution in [3.05, 3.63) is 23.8 Å². The van der Waals surface area contributed by atoms with E-state index in [1.165, 1.54) is 18.2 Å². The summed E-state index contributed by atoms with van der Waals surface area (Å²) in [6.07, 6.45) is 2.73. The summed E-state index contributed by atoms with van der Waals surface area (Å²) in [5.74, 6) is -5.60. The quantitative estimate of drug-likeness (QED) is 0.0757. The smallest absolute Gasteiger partial charge is 0.325 e. The number of hydrogen-bond donors (Lipinski definition) is 6. The van der Waals surface area contributed by atoms with Crippen molar-refractivity contribution in [2.75, 3.05) is 26.4 Å². The lowest BCUT2D eigenvalue weighted by Crippen LogP contribution is -2.70. The Morgan fingerprint density at radius 3 is 2.28 bits per heavy atom. The molecule has 0 aromatic carbocycles. The first-order chi connectivity index (χ1) is 23.4. The Morgan fingerprint density at radius 2 is 1.64 bits per heavy atom. The van der Waals surface area contributed by atoms with Gasteiger partial charge in [0.05, 0.1) is 30.1 Å². The minimum atomic E-state index is -2.22. The van der Waals surface area contributed by atoms with E-state index in [4.69, 9.17) is 30.3 Å². The molecule has 4 aliphatic rings. The van der Waals surface area contributed by atoms with Gasteiger partial charge in [0.1, 0.15) is 6.54 Å². The summed E-state index contributed by atoms with van der Waals surface area (Å²) in [6.45, 7) is 3.04. The number of halogens is 1. The first-order valence-electron chi connectivity index (χ1n) is 16.5. The summed E-state index contributed by atoms with van der Waals surface area (Å²) in [5, 5.41) is 47.7. The monoisotopic (exact) mass is 715 g/mol. The van der Waals surface area contributed by atoms with Crippen LogP contribution in [0.5, 0.6) is 0 Å². The SMILES string of the molecule is C[C@H]1CC2C3CCC4=CC(=O)C=C[C@]4(C)[C@@]3(F)[C@@H](O)C[C@]2(C)[C@@]1(OC(=O)CCCON(O)O)C(=O)COC(=O)CNC(=O)CCCON(O)O. The lowest BCUT2D eigenvalue weighted by Gasteiger charge is -2.62. The Balaban J connectivity index is 1.56. The molecule has 8 atom stereocenters. The number of rotatable bonds is 16. The van der Waals surface area contributed by atoms with Gasteiger partial charge in [-0.3, -0.25) is 54.5 Å². The molecule has 18 heteroatoms. The predicted molar refractivity (Wildman–Crippen MR) is 162 cm³/mol. The van der Waals surface area contributed by atoms with Crippen LogP contribution in [0.25, 0.3) is 0 Å². The van der Waals surface area contributed by atoms with Gasteiger partial charge in [0.25, 0.3) is 0 Å². The van der Waals surface area contributed by atoms with Crippen LogP contribution >= 0.6 is 0 Å². The van der Waals surface area contributed by atoms with Crippen molar-refractivity contribution in [2.24, 2.45) is 28.6 Å². The van der Waals surface area contributed by atoms with Crippen molar-refractivity contribution in [1.29, 1.82) is 0 Å². The van der Waals surface area contributed by atoms with Crippen molar-refractivity contribution in [2.45, 2.75) is 89.5 Å². The molecular weight excluding hydrogens is 669 g/mol. The van der Waals surface area contributed by atoms with E-state index in [1.807, 2.05) is 0 Å². The average Bonchev–Trinajstić information content (AvgIpc) is 3.26. The number of ketones is 2. The van der Waals surface area contributed by atoms with Gasteiger partial charge in [-0.05, 0) is 63.5 Å². The standard InChI is InChI=1S/C32H46FN3O14/c1-19-14-23-22-9-8-20-15-21(37)10-11-29(20,2)31(22,33)24(38)16-30(23,3)32(19,50-27(41)7-5-13-49-36(45)46)25(39)18-47-28(42)17-34-26(40)6-4-12-48-35(43)44/h10-11,15,19,22-24,38,43-46H,4-9,12-14,16-18H2,1-3H3,(H,34,40)/t19-,22?,23?,24-,29-,30-,31-,32-/m0/s1. The maximum atomic E-state index is 17.7. The van der Waals surface area contributed by atoms with Gasteiger partial charge >= 0.3 is 11.9 Å². The minimum absolute atomic E-state index is 0.0360. The number of esters is 2. The first-order valence-corrected chi connectivity index (χ1v) is 16.5. The van der Waals surface area contributed by atoms with Crippen LogP contribution in [0.4, 0.5) is 4.39 Å². The summed E-state index contributed by atoms with van der Waals surface area (Å²) < 4.78 is 29.0. The zero-order valence-electron chi connectivity index (χ0n) is 28.2. The van der Waals surface area contributed by atoms with Gasteiger partial charge in [0.15, 0.2) is 23.7 Å². The van der Waals surface area contributed by atoms with Crippen LogP contribution in [-0.4, -0.2) is 110 Å². The molecule has 3 fully saturated rings. The molecule has 280 valence electrons. The number of allylic oxidation sites excluding steroid dienone is 4. The maximum absolute atomic E-state index is 17.7. The number of nitrogens with zero attached hydrogens (tertiary/aromatic N) is 2. The van der Waals surface area contributed by atoms with Gasteiger partial charge in [-0.15, -0.1) is 0 Å². The average molecular weight is 716 g/mol. The third-order valence-corrected chi connectivity index (χ3v) is 11.2. The molecule has 2 unspecified atom stereocenters. The molecule has 4 rings (SSSR count). The van der Waals surface area contributed by atoms with Crippen molar-refractivity contribution in [3.8, 4) is 0 Å². The molecule has 1 amide bonds. The number of ether oxygens (including phenoxy) is 2. The van der Waals surface area contributed by atoms with Gasteiger partial charge in [0, 0.05) is 35.5 Å². The van der Waals surface area contributed by atoms with Crippen molar-refractivity contribution in [3.63, 3.8) is 0 Å². The molecule has 4 aliphatic carbocycles. The molecule has 0 saturated heterocycles. The predicted octanol–water partition coefficient (Wildman–Crippen LogP) is 1.70. The molecule has 50 heavy (non-hydrogen) atoms. The highest BCUT2D eigenvalue weighted by atomic mass is 19.1. The van der Waals surface area contributed by atoms with Crippen LogP contribution in [0.15, 0.2) is 23.8 Å². The Labute approximate surface area is 287 Å². The fourth-order valence-corrected chi connectivity index (χ4v) is 8.93. The summed E-state index contributed by atoms with van der Waals surface area (Å²) >= 11 is 0. The van der Waals surface area contributed by atoms with Gasteiger partial charge in [0.2, 0.25) is 11.7 Å². The second kappa shape index (κ2) is 15.6. The van der Waals surface area contributed by atoms with Crippen molar-refractivity contribution >= 4 is 29.4 Å². The Bertz CT molecular complexity index is 1390. The second-order valence-electron chi connectivity index (χ2n) is 13.9. The minimum Gasteiger partial charge on any atom is -0.456 e. The molecule has 0 aliphatic heterocycles. The Kier molecular flexibility index (Phi) is 12.3. The molecule has 0 spiro atoms. The molecular formula is C32H46FN3O14. The van der Waals surface area contributed by atoms with E-state index < -0.39 is 93.5 Å². The van der Waals surface area contributed by atoms with Gasteiger partial charge in [-0.1, -0.05) is 25.5 Å². The number of fused-ring (bicyclic) bond motifs is 5. The third-order valence-electron chi connectivity index (χ3n) is 11.2. The normalized spacial score (nSPS) is 34.5. The number of carbonyl (C=O) groups is 5. The topological polar surface area (TPSA) is 242 Å². The molecule has 0 radical (unpaired) electrons. The number of aliphatic hydroxyl groups excluding tert-OH is 1. The molecule has 0 heterocycles.